The maximum absolute atomic E-state index is 5.65. The molecule has 84 valence electrons. The number of benzene rings is 1. The summed E-state index contributed by atoms with van der Waals surface area (Å²) < 4.78 is 5.23. The fraction of sp³-hybridized carbons (Fsp3) is 0.333. The first-order valence-electron chi connectivity index (χ1n) is 5.09. The Morgan fingerprint density at radius 2 is 1.94 bits per heavy atom. The third-order valence-corrected chi connectivity index (χ3v) is 2.86. The zero-order valence-corrected chi connectivity index (χ0v) is 10.0. The lowest BCUT2D eigenvalue weighted by molar-refractivity contribution is 0.330. The van der Waals surface area contributed by atoms with Gasteiger partial charge in [0.1, 0.15) is 0 Å². The average molecular weight is 237 g/mol. The molecule has 0 N–H and O–H groups in total. The van der Waals surface area contributed by atoms with E-state index < -0.39 is 0 Å². The molecule has 16 heavy (non-hydrogen) atoms. The van der Waals surface area contributed by atoms with E-state index in [1.54, 1.807) is 0 Å². The van der Waals surface area contributed by atoms with E-state index in [9.17, 15) is 0 Å². The van der Waals surface area contributed by atoms with E-state index >= 15 is 0 Å². The highest BCUT2D eigenvalue weighted by Crippen LogP contribution is 2.29. The molecule has 3 nitrogen and oxygen atoms in total. The van der Waals surface area contributed by atoms with E-state index in [1.807, 2.05) is 44.2 Å². The predicted octanol–water partition coefficient (Wildman–Crippen LogP) is 3.13. The lowest BCUT2D eigenvalue weighted by Crippen LogP contribution is -2.19. The Balaban J connectivity index is 2.38. The summed E-state index contributed by atoms with van der Waals surface area (Å²) in [6, 6.07) is 10.1. The molecular weight excluding hydrogens is 224 g/mol. The van der Waals surface area contributed by atoms with Gasteiger partial charge in [0, 0.05) is 0 Å². The molecule has 1 aromatic heterocycles. The summed E-state index contributed by atoms with van der Waals surface area (Å²) in [5, 5.41) is 3.81. The summed E-state index contributed by atoms with van der Waals surface area (Å²) in [7, 11) is 0. The van der Waals surface area contributed by atoms with Gasteiger partial charge < -0.3 is 4.52 Å². The molecule has 4 heteroatoms. The molecule has 0 radical (unpaired) electrons. The topological polar surface area (TPSA) is 38.9 Å². The van der Waals surface area contributed by atoms with Crippen LogP contribution in [0.3, 0.4) is 0 Å². The lowest BCUT2D eigenvalue weighted by atomic mass is 9.84. The largest absolute Gasteiger partial charge is 0.338 e. The van der Waals surface area contributed by atoms with Crippen molar-refractivity contribution in [2.75, 3.05) is 0 Å². The predicted molar refractivity (Wildman–Crippen MR) is 62.4 cm³/mol. The van der Waals surface area contributed by atoms with E-state index in [-0.39, 0.29) is 11.3 Å². The van der Waals surface area contributed by atoms with Crippen molar-refractivity contribution < 1.29 is 4.52 Å². The van der Waals surface area contributed by atoms with Crippen LogP contribution in [0.1, 0.15) is 31.1 Å². The van der Waals surface area contributed by atoms with Gasteiger partial charge in [-0.25, -0.2) is 0 Å². The van der Waals surface area contributed by atoms with E-state index in [1.165, 1.54) is 0 Å². The van der Waals surface area contributed by atoms with Crippen LogP contribution in [0.4, 0.5) is 0 Å². The highest BCUT2D eigenvalue weighted by molar-refractivity contribution is 6.16. The Hall–Kier alpha value is -1.35. The van der Waals surface area contributed by atoms with Gasteiger partial charge in [-0.3, -0.25) is 0 Å². The number of hydrogen-bond acceptors (Lipinski definition) is 3. The van der Waals surface area contributed by atoms with Gasteiger partial charge in [-0.2, -0.15) is 4.98 Å². The molecule has 0 amide bonds. The van der Waals surface area contributed by atoms with Crippen molar-refractivity contribution in [3.05, 3.63) is 47.6 Å². The summed E-state index contributed by atoms with van der Waals surface area (Å²) in [5.74, 6) is 1.39. The smallest absolute Gasteiger partial charge is 0.236 e. The van der Waals surface area contributed by atoms with Crippen molar-refractivity contribution in [2.24, 2.45) is 0 Å². The number of alkyl halides is 1. The number of rotatable bonds is 3. The van der Waals surface area contributed by atoms with Gasteiger partial charge in [0.05, 0.1) is 11.3 Å². The van der Waals surface area contributed by atoms with Crippen LogP contribution in [-0.4, -0.2) is 10.1 Å². The number of halogens is 1. The van der Waals surface area contributed by atoms with E-state index in [2.05, 4.69) is 10.1 Å². The second-order valence-electron chi connectivity index (χ2n) is 4.14. The minimum absolute atomic E-state index is 0.272. The molecule has 1 heterocycles. The molecule has 0 atom stereocenters. The molecule has 0 saturated heterocycles. The molecule has 0 spiro atoms. The van der Waals surface area contributed by atoms with Crippen molar-refractivity contribution >= 4 is 11.6 Å². The quantitative estimate of drug-likeness (QED) is 0.769. The van der Waals surface area contributed by atoms with Gasteiger partial charge in [-0.05, 0) is 19.4 Å². The normalized spacial score (nSPS) is 11.7. The second kappa shape index (κ2) is 4.26. The second-order valence-corrected chi connectivity index (χ2v) is 4.41. The minimum atomic E-state index is -0.293. The Morgan fingerprint density at radius 3 is 2.50 bits per heavy atom. The molecule has 2 rings (SSSR count). The highest BCUT2D eigenvalue weighted by atomic mass is 35.5. The molecule has 0 unspecified atom stereocenters. The van der Waals surface area contributed by atoms with Gasteiger partial charge >= 0.3 is 0 Å². The van der Waals surface area contributed by atoms with Crippen molar-refractivity contribution in [1.82, 2.24) is 10.1 Å². The molecule has 1 aromatic carbocycles. The van der Waals surface area contributed by atoms with Crippen LogP contribution in [0.2, 0.25) is 0 Å². The van der Waals surface area contributed by atoms with Crippen molar-refractivity contribution in [2.45, 2.75) is 25.1 Å². The first kappa shape index (κ1) is 11.1. The van der Waals surface area contributed by atoms with Gasteiger partial charge in [-0.15, -0.1) is 11.6 Å². The minimum Gasteiger partial charge on any atom is -0.338 e. The first-order chi connectivity index (χ1) is 7.64. The monoisotopic (exact) mass is 236 g/mol. The van der Waals surface area contributed by atoms with Gasteiger partial charge in [-0.1, -0.05) is 35.5 Å². The third kappa shape index (κ3) is 1.95. The van der Waals surface area contributed by atoms with Crippen molar-refractivity contribution in [1.29, 1.82) is 0 Å². The summed E-state index contributed by atoms with van der Waals surface area (Å²) in [4.78, 5) is 4.27. The SMILES string of the molecule is CC(C)(c1ccccc1)c1nc(CCl)no1. The van der Waals surface area contributed by atoms with Crippen molar-refractivity contribution in [3.63, 3.8) is 0 Å². The Bertz CT molecular complexity index is 465. The zero-order chi connectivity index (χ0) is 11.6. The van der Waals surface area contributed by atoms with E-state index in [4.69, 9.17) is 16.1 Å². The Morgan fingerprint density at radius 1 is 1.25 bits per heavy atom. The summed E-state index contributed by atoms with van der Waals surface area (Å²) in [5.41, 5.74) is 0.846. The molecule has 0 aliphatic heterocycles. The van der Waals surface area contributed by atoms with Gasteiger partial charge in [0.15, 0.2) is 5.82 Å². The van der Waals surface area contributed by atoms with Crippen LogP contribution >= 0.6 is 11.6 Å². The van der Waals surface area contributed by atoms with Crippen LogP contribution in [0.15, 0.2) is 34.9 Å². The number of hydrogen-bond donors (Lipinski definition) is 0. The van der Waals surface area contributed by atoms with E-state index in [0.717, 1.165) is 5.56 Å². The van der Waals surface area contributed by atoms with Crippen LogP contribution in [-0.2, 0) is 11.3 Å². The van der Waals surface area contributed by atoms with Crippen LogP contribution in [0.25, 0.3) is 0 Å². The van der Waals surface area contributed by atoms with Crippen LogP contribution in [0.5, 0.6) is 0 Å². The standard InChI is InChI=1S/C12H13ClN2O/c1-12(2,9-6-4-3-5-7-9)11-14-10(8-13)15-16-11/h3-7H,8H2,1-2H3. The molecule has 2 aromatic rings. The van der Waals surface area contributed by atoms with Crippen LogP contribution < -0.4 is 0 Å². The first-order valence-corrected chi connectivity index (χ1v) is 5.62. The van der Waals surface area contributed by atoms with Crippen molar-refractivity contribution in [3.8, 4) is 0 Å². The number of nitrogens with zero attached hydrogens (tertiary/aromatic N) is 2. The Kier molecular flexibility index (Phi) is 2.97. The Labute approximate surface area is 99.4 Å². The molecule has 0 aliphatic carbocycles. The summed E-state index contributed by atoms with van der Waals surface area (Å²) >= 11 is 5.65. The summed E-state index contributed by atoms with van der Waals surface area (Å²) in [6.45, 7) is 4.10. The highest BCUT2D eigenvalue weighted by Gasteiger charge is 2.29. The summed E-state index contributed by atoms with van der Waals surface area (Å²) in [6.07, 6.45) is 0. The van der Waals surface area contributed by atoms with Gasteiger partial charge in [0.25, 0.3) is 0 Å². The molecule has 0 saturated carbocycles. The zero-order valence-electron chi connectivity index (χ0n) is 9.27. The van der Waals surface area contributed by atoms with Gasteiger partial charge in [0.2, 0.25) is 5.89 Å². The molecule has 0 bridgehead atoms. The average Bonchev–Trinajstić information content (AvgIpc) is 2.79. The van der Waals surface area contributed by atoms with Crippen LogP contribution in [0, 0.1) is 0 Å². The molecular formula is C12H13ClN2O. The van der Waals surface area contributed by atoms with E-state index in [0.29, 0.717) is 11.7 Å². The molecule has 0 aliphatic rings. The molecule has 0 fully saturated rings. The maximum Gasteiger partial charge on any atom is 0.236 e. The number of aromatic nitrogens is 2. The maximum atomic E-state index is 5.65. The fourth-order valence-corrected chi connectivity index (χ4v) is 1.65. The third-order valence-electron chi connectivity index (χ3n) is 2.62. The fourth-order valence-electron chi connectivity index (χ4n) is 1.54. The lowest BCUT2D eigenvalue weighted by Gasteiger charge is -2.19.